The Morgan fingerprint density at radius 2 is 1.74 bits per heavy atom. The molecule has 1 aliphatic rings. The Hall–Kier alpha value is -1.84. The summed E-state index contributed by atoms with van der Waals surface area (Å²) in [4.78, 5) is 2.60. The molecule has 1 N–H and O–H groups in total. The van der Waals surface area contributed by atoms with Crippen molar-refractivity contribution in [3.8, 4) is 11.5 Å². The molecule has 3 nitrogen and oxygen atoms in total. The van der Waals surface area contributed by atoms with Crippen molar-refractivity contribution in [1.82, 2.24) is 10.2 Å². The molecule has 3 rings (SSSR count). The van der Waals surface area contributed by atoms with Crippen molar-refractivity contribution >= 4 is 0 Å². The first-order chi connectivity index (χ1) is 11.4. The van der Waals surface area contributed by atoms with Gasteiger partial charge in [0.2, 0.25) is 0 Å². The van der Waals surface area contributed by atoms with Crippen LogP contribution in [0.1, 0.15) is 31.4 Å². The second-order valence-corrected chi connectivity index (χ2v) is 6.08. The minimum Gasteiger partial charge on any atom is -0.457 e. The monoisotopic (exact) mass is 310 g/mol. The lowest BCUT2D eigenvalue weighted by atomic mass is 9.99. The van der Waals surface area contributed by atoms with Crippen molar-refractivity contribution in [3.05, 3.63) is 60.2 Å². The molecule has 0 amide bonds. The number of hydrogen-bond acceptors (Lipinski definition) is 3. The molecule has 1 fully saturated rings. The molecule has 1 saturated heterocycles. The van der Waals surface area contributed by atoms with Gasteiger partial charge in [0, 0.05) is 32.2 Å². The second-order valence-electron chi connectivity index (χ2n) is 6.08. The minimum atomic E-state index is 0.487. The van der Waals surface area contributed by atoms with Crippen LogP contribution in [0.4, 0.5) is 0 Å². The highest BCUT2D eigenvalue weighted by Gasteiger charge is 2.21. The lowest BCUT2D eigenvalue weighted by Gasteiger charge is -2.35. The molecule has 1 aliphatic heterocycles. The highest BCUT2D eigenvalue weighted by molar-refractivity contribution is 5.35. The molecule has 2 aromatic rings. The van der Waals surface area contributed by atoms with E-state index in [1.807, 2.05) is 36.4 Å². The summed E-state index contributed by atoms with van der Waals surface area (Å²) >= 11 is 0. The maximum atomic E-state index is 6.00. The van der Waals surface area contributed by atoms with Crippen molar-refractivity contribution in [2.75, 3.05) is 26.2 Å². The number of benzene rings is 2. The molecule has 2 aromatic carbocycles. The average molecular weight is 310 g/mol. The van der Waals surface area contributed by atoms with Crippen LogP contribution in [0.2, 0.25) is 0 Å². The molecule has 0 aliphatic carbocycles. The van der Waals surface area contributed by atoms with Crippen LogP contribution in [0.3, 0.4) is 0 Å². The van der Waals surface area contributed by atoms with E-state index in [4.69, 9.17) is 4.74 Å². The number of rotatable bonds is 6. The zero-order valence-electron chi connectivity index (χ0n) is 13.9. The van der Waals surface area contributed by atoms with Gasteiger partial charge in [0.15, 0.2) is 0 Å². The van der Waals surface area contributed by atoms with Gasteiger partial charge in [-0.1, -0.05) is 43.7 Å². The molecular weight excluding hydrogens is 284 g/mol. The van der Waals surface area contributed by atoms with Gasteiger partial charge in [-0.3, -0.25) is 4.90 Å². The molecule has 3 heteroatoms. The number of piperazine rings is 1. The fraction of sp³-hybridized carbons (Fsp3) is 0.400. The van der Waals surface area contributed by atoms with Crippen molar-refractivity contribution in [1.29, 1.82) is 0 Å². The smallest absolute Gasteiger partial charge is 0.127 e. The zero-order chi connectivity index (χ0) is 15.9. The Bertz CT molecular complexity index is 594. The van der Waals surface area contributed by atoms with Gasteiger partial charge in [-0.25, -0.2) is 0 Å². The molecule has 1 heterocycles. The number of ether oxygens (including phenoxy) is 1. The maximum Gasteiger partial charge on any atom is 0.127 e. The Morgan fingerprint density at radius 3 is 2.48 bits per heavy atom. The molecule has 0 unspecified atom stereocenters. The molecule has 0 saturated carbocycles. The van der Waals surface area contributed by atoms with Gasteiger partial charge in [-0.15, -0.1) is 0 Å². The number of hydrogen-bond donors (Lipinski definition) is 1. The predicted molar refractivity (Wildman–Crippen MR) is 95.0 cm³/mol. The van der Waals surface area contributed by atoms with E-state index >= 15 is 0 Å². The third-order valence-electron chi connectivity index (χ3n) is 4.38. The van der Waals surface area contributed by atoms with E-state index in [0.29, 0.717) is 6.04 Å². The molecule has 1 atom stereocenters. The first-order valence-electron chi connectivity index (χ1n) is 8.64. The Morgan fingerprint density at radius 1 is 1.00 bits per heavy atom. The predicted octanol–water partition coefficient (Wildman–Crippen LogP) is 4.23. The summed E-state index contributed by atoms with van der Waals surface area (Å²) in [7, 11) is 0. The minimum absolute atomic E-state index is 0.487. The summed E-state index contributed by atoms with van der Waals surface area (Å²) < 4.78 is 6.00. The lowest BCUT2D eigenvalue weighted by molar-refractivity contribution is 0.164. The van der Waals surface area contributed by atoms with E-state index in [-0.39, 0.29) is 0 Å². The van der Waals surface area contributed by atoms with Crippen molar-refractivity contribution in [3.63, 3.8) is 0 Å². The number of para-hydroxylation sites is 1. The standard InChI is InChI=1S/C20H26N2O/c1-2-7-20(22-14-12-21-13-15-22)17-8-6-11-19(16-17)23-18-9-4-3-5-10-18/h3-6,8-11,16,20-21H,2,7,12-15H2,1H3/t20-/m1/s1. The van der Waals surface area contributed by atoms with E-state index in [2.05, 4.69) is 35.3 Å². The van der Waals surface area contributed by atoms with E-state index in [1.165, 1.54) is 18.4 Å². The third kappa shape index (κ3) is 4.34. The summed E-state index contributed by atoms with van der Waals surface area (Å²) in [6.07, 6.45) is 2.38. The van der Waals surface area contributed by atoms with Crippen LogP contribution in [-0.4, -0.2) is 31.1 Å². The third-order valence-corrected chi connectivity index (χ3v) is 4.38. The van der Waals surface area contributed by atoms with Crippen LogP contribution in [0.15, 0.2) is 54.6 Å². The molecule has 0 aromatic heterocycles. The molecule has 23 heavy (non-hydrogen) atoms. The van der Waals surface area contributed by atoms with Crippen molar-refractivity contribution in [2.24, 2.45) is 0 Å². The molecular formula is C20H26N2O. The first kappa shape index (κ1) is 16.0. The largest absolute Gasteiger partial charge is 0.457 e. The fourth-order valence-electron chi connectivity index (χ4n) is 3.24. The molecule has 122 valence electrons. The highest BCUT2D eigenvalue weighted by atomic mass is 16.5. The Kier molecular flexibility index (Phi) is 5.67. The number of nitrogens with zero attached hydrogens (tertiary/aromatic N) is 1. The van der Waals surface area contributed by atoms with Gasteiger partial charge in [0.1, 0.15) is 11.5 Å². The quantitative estimate of drug-likeness (QED) is 0.864. The fourth-order valence-corrected chi connectivity index (χ4v) is 3.24. The summed E-state index contributed by atoms with van der Waals surface area (Å²) in [5.74, 6) is 1.81. The van der Waals surface area contributed by atoms with Gasteiger partial charge in [0.05, 0.1) is 0 Å². The average Bonchev–Trinajstić information content (AvgIpc) is 2.61. The van der Waals surface area contributed by atoms with Crippen LogP contribution in [0, 0.1) is 0 Å². The lowest BCUT2D eigenvalue weighted by Crippen LogP contribution is -2.45. The normalized spacial score (nSPS) is 16.9. The van der Waals surface area contributed by atoms with E-state index in [9.17, 15) is 0 Å². The van der Waals surface area contributed by atoms with E-state index in [1.54, 1.807) is 0 Å². The highest BCUT2D eigenvalue weighted by Crippen LogP contribution is 2.30. The molecule has 0 spiro atoms. The first-order valence-corrected chi connectivity index (χ1v) is 8.64. The molecule has 0 bridgehead atoms. The van der Waals surface area contributed by atoms with Gasteiger partial charge in [0.25, 0.3) is 0 Å². The summed E-state index contributed by atoms with van der Waals surface area (Å²) in [5.41, 5.74) is 1.36. The van der Waals surface area contributed by atoms with Gasteiger partial charge >= 0.3 is 0 Å². The van der Waals surface area contributed by atoms with Gasteiger partial charge < -0.3 is 10.1 Å². The summed E-state index contributed by atoms with van der Waals surface area (Å²) in [6.45, 7) is 6.67. The van der Waals surface area contributed by atoms with Crippen molar-refractivity contribution in [2.45, 2.75) is 25.8 Å². The maximum absolute atomic E-state index is 6.00. The van der Waals surface area contributed by atoms with Crippen LogP contribution in [-0.2, 0) is 0 Å². The van der Waals surface area contributed by atoms with E-state index in [0.717, 1.165) is 37.7 Å². The van der Waals surface area contributed by atoms with Crippen LogP contribution in [0.5, 0.6) is 11.5 Å². The SMILES string of the molecule is CCC[C@H](c1cccc(Oc2ccccc2)c1)N1CCNCC1. The topological polar surface area (TPSA) is 24.5 Å². The van der Waals surface area contributed by atoms with Crippen LogP contribution < -0.4 is 10.1 Å². The van der Waals surface area contributed by atoms with Gasteiger partial charge in [-0.05, 0) is 36.2 Å². The zero-order valence-corrected chi connectivity index (χ0v) is 13.9. The van der Waals surface area contributed by atoms with Crippen LogP contribution in [0.25, 0.3) is 0 Å². The summed E-state index contributed by atoms with van der Waals surface area (Å²) in [6, 6.07) is 19.1. The van der Waals surface area contributed by atoms with Gasteiger partial charge in [-0.2, -0.15) is 0 Å². The molecule has 0 radical (unpaired) electrons. The van der Waals surface area contributed by atoms with E-state index < -0.39 is 0 Å². The second kappa shape index (κ2) is 8.14. The van der Waals surface area contributed by atoms with Crippen molar-refractivity contribution < 1.29 is 4.74 Å². The number of nitrogens with one attached hydrogen (secondary N) is 1. The summed E-state index contributed by atoms with van der Waals surface area (Å²) in [5, 5.41) is 3.44. The van der Waals surface area contributed by atoms with Crippen LogP contribution >= 0.6 is 0 Å². The Balaban J connectivity index is 1.78. The Labute approximate surface area is 139 Å².